The molecule has 6 heteroatoms. The third-order valence-corrected chi connectivity index (χ3v) is 6.03. The first-order chi connectivity index (χ1) is 15.3. The van der Waals surface area contributed by atoms with Gasteiger partial charge in [0.05, 0.1) is 10.6 Å². The van der Waals surface area contributed by atoms with Gasteiger partial charge in [-0.2, -0.15) is 0 Å². The molecule has 5 nitrogen and oxygen atoms in total. The zero-order chi connectivity index (χ0) is 24.9. The van der Waals surface area contributed by atoms with Crippen molar-refractivity contribution >= 4 is 34.8 Å². The van der Waals surface area contributed by atoms with Gasteiger partial charge in [-0.3, -0.25) is 9.59 Å². The maximum absolute atomic E-state index is 13.6. The van der Waals surface area contributed by atoms with Crippen molar-refractivity contribution in [2.45, 2.75) is 60.5 Å². The lowest BCUT2D eigenvalue weighted by Gasteiger charge is -2.33. The Morgan fingerprint density at radius 1 is 1.03 bits per heavy atom. The van der Waals surface area contributed by atoms with E-state index in [1.165, 1.54) is 0 Å². The standard InChI is InChI=1S/C27H38ClN3O2/c1-18(2)19(3)31(26(33)22-11-9-10-12-23(22)28)17-20-15-21(13-14-24(20)30(7)8)29-25(32)16-27(4,5)6/h9-15,18-19H,16-17H2,1-8H3,(H,29,32). The summed E-state index contributed by atoms with van der Waals surface area (Å²) >= 11 is 6.36. The third-order valence-electron chi connectivity index (χ3n) is 5.70. The van der Waals surface area contributed by atoms with Gasteiger partial charge in [0, 0.05) is 44.5 Å². The summed E-state index contributed by atoms with van der Waals surface area (Å²) in [6.07, 6.45) is 0.430. The zero-order valence-electron chi connectivity index (χ0n) is 21.2. The molecule has 2 aromatic rings. The molecule has 0 heterocycles. The van der Waals surface area contributed by atoms with Gasteiger partial charge < -0.3 is 15.1 Å². The number of benzene rings is 2. The number of carbonyl (C=O) groups is 2. The van der Waals surface area contributed by atoms with Crippen LogP contribution in [0.2, 0.25) is 5.02 Å². The van der Waals surface area contributed by atoms with Crippen LogP contribution in [0.3, 0.4) is 0 Å². The molecule has 0 saturated carbocycles. The molecule has 180 valence electrons. The predicted octanol–water partition coefficient (Wildman–Crippen LogP) is 6.47. The van der Waals surface area contributed by atoms with E-state index < -0.39 is 0 Å². The predicted molar refractivity (Wildman–Crippen MR) is 139 cm³/mol. The van der Waals surface area contributed by atoms with Crippen LogP contribution in [0, 0.1) is 11.3 Å². The minimum Gasteiger partial charge on any atom is -0.377 e. The van der Waals surface area contributed by atoms with Crippen LogP contribution >= 0.6 is 11.6 Å². The van der Waals surface area contributed by atoms with E-state index in [1.54, 1.807) is 12.1 Å². The summed E-state index contributed by atoms with van der Waals surface area (Å²) in [5.41, 5.74) is 3.08. The Morgan fingerprint density at radius 2 is 1.67 bits per heavy atom. The van der Waals surface area contributed by atoms with E-state index in [2.05, 4.69) is 26.1 Å². The Bertz CT molecular complexity index is 980. The summed E-state index contributed by atoms with van der Waals surface area (Å²) in [4.78, 5) is 30.0. The second-order valence-corrected chi connectivity index (χ2v) is 10.8. The number of anilines is 2. The summed E-state index contributed by atoms with van der Waals surface area (Å²) in [5, 5.41) is 3.46. The highest BCUT2D eigenvalue weighted by atomic mass is 35.5. The molecule has 0 spiro atoms. The monoisotopic (exact) mass is 471 g/mol. The summed E-state index contributed by atoms with van der Waals surface area (Å²) in [5.74, 6) is 0.133. The molecule has 0 aromatic heterocycles. The summed E-state index contributed by atoms with van der Waals surface area (Å²) in [6, 6.07) is 13.0. The Kier molecular flexibility index (Phi) is 8.96. The smallest absolute Gasteiger partial charge is 0.255 e. The van der Waals surface area contributed by atoms with Crippen molar-refractivity contribution in [3.05, 3.63) is 58.6 Å². The molecule has 1 unspecified atom stereocenters. The molecule has 0 saturated heterocycles. The molecule has 1 atom stereocenters. The molecule has 0 bridgehead atoms. The number of nitrogens with one attached hydrogen (secondary N) is 1. The van der Waals surface area contributed by atoms with Crippen LogP contribution < -0.4 is 10.2 Å². The lowest BCUT2D eigenvalue weighted by molar-refractivity contribution is -0.117. The van der Waals surface area contributed by atoms with Crippen LogP contribution in [-0.4, -0.2) is 36.9 Å². The third kappa shape index (κ3) is 7.50. The molecule has 0 radical (unpaired) electrons. The number of halogens is 1. The molecule has 0 aliphatic carbocycles. The van der Waals surface area contributed by atoms with Gasteiger partial charge in [-0.05, 0) is 54.2 Å². The molecular formula is C27H38ClN3O2. The van der Waals surface area contributed by atoms with E-state index >= 15 is 0 Å². The lowest BCUT2D eigenvalue weighted by atomic mass is 9.92. The van der Waals surface area contributed by atoms with Gasteiger partial charge in [0.15, 0.2) is 0 Å². The van der Waals surface area contributed by atoms with Crippen LogP contribution in [0.5, 0.6) is 0 Å². The fourth-order valence-corrected chi connectivity index (χ4v) is 3.86. The van der Waals surface area contributed by atoms with Crippen molar-refractivity contribution in [1.82, 2.24) is 4.90 Å². The highest BCUT2D eigenvalue weighted by Crippen LogP contribution is 2.29. The van der Waals surface area contributed by atoms with Gasteiger partial charge in [0.25, 0.3) is 5.91 Å². The topological polar surface area (TPSA) is 52.7 Å². The van der Waals surface area contributed by atoms with Gasteiger partial charge >= 0.3 is 0 Å². The Labute approximate surface area is 204 Å². The molecule has 0 fully saturated rings. The van der Waals surface area contributed by atoms with Crippen LogP contribution in [0.15, 0.2) is 42.5 Å². The summed E-state index contributed by atoms with van der Waals surface area (Å²) < 4.78 is 0. The minimum absolute atomic E-state index is 0.0112. The number of carbonyl (C=O) groups excluding carboxylic acids is 2. The number of hydrogen-bond donors (Lipinski definition) is 1. The van der Waals surface area contributed by atoms with Gasteiger partial charge in [-0.15, -0.1) is 0 Å². The van der Waals surface area contributed by atoms with E-state index in [9.17, 15) is 9.59 Å². The molecular weight excluding hydrogens is 434 g/mol. The maximum atomic E-state index is 13.6. The van der Waals surface area contributed by atoms with Crippen LogP contribution in [-0.2, 0) is 11.3 Å². The van der Waals surface area contributed by atoms with Crippen molar-refractivity contribution in [3.63, 3.8) is 0 Å². The van der Waals surface area contributed by atoms with Crippen molar-refractivity contribution in [2.24, 2.45) is 11.3 Å². The van der Waals surface area contributed by atoms with Gasteiger partial charge in [0.1, 0.15) is 0 Å². The number of nitrogens with zero attached hydrogens (tertiary/aromatic N) is 2. The van der Waals surface area contributed by atoms with Gasteiger partial charge in [0.2, 0.25) is 5.91 Å². The number of hydrogen-bond acceptors (Lipinski definition) is 3. The Balaban J connectivity index is 2.44. The Hall–Kier alpha value is -2.53. The largest absolute Gasteiger partial charge is 0.377 e. The van der Waals surface area contributed by atoms with E-state index in [-0.39, 0.29) is 29.2 Å². The van der Waals surface area contributed by atoms with E-state index in [4.69, 9.17) is 11.6 Å². The fraction of sp³-hybridized carbons (Fsp3) is 0.481. The van der Waals surface area contributed by atoms with E-state index in [0.717, 1.165) is 16.9 Å². The Morgan fingerprint density at radius 3 is 2.21 bits per heavy atom. The minimum atomic E-state index is -0.103. The molecule has 2 aromatic carbocycles. The average molecular weight is 472 g/mol. The van der Waals surface area contributed by atoms with Crippen molar-refractivity contribution in [3.8, 4) is 0 Å². The van der Waals surface area contributed by atoms with Gasteiger partial charge in [-0.25, -0.2) is 0 Å². The molecule has 33 heavy (non-hydrogen) atoms. The first-order valence-electron chi connectivity index (χ1n) is 11.5. The van der Waals surface area contributed by atoms with Crippen molar-refractivity contribution in [2.75, 3.05) is 24.3 Å². The van der Waals surface area contributed by atoms with Crippen LogP contribution in [0.25, 0.3) is 0 Å². The first-order valence-corrected chi connectivity index (χ1v) is 11.8. The van der Waals surface area contributed by atoms with Crippen LogP contribution in [0.1, 0.15) is 63.9 Å². The van der Waals surface area contributed by atoms with Gasteiger partial charge in [-0.1, -0.05) is 58.4 Å². The fourth-order valence-electron chi connectivity index (χ4n) is 3.65. The SMILES string of the molecule is CC(C)C(C)N(Cc1cc(NC(=O)CC(C)(C)C)ccc1N(C)C)C(=O)c1ccccc1Cl. The lowest BCUT2D eigenvalue weighted by Crippen LogP contribution is -2.41. The van der Waals surface area contributed by atoms with Crippen LogP contribution in [0.4, 0.5) is 11.4 Å². The normalized spacial score (nSPS) is 12.4. The number of rotatable bonds is 8. The summed E-state index contributed by atoms with van der Waals surface area (Å²) in [7, 11) is 3.95. The highest BCUT2D eigenvalue weighted by molar-refractivity contribution is 6.33. The quantitative estimate of drug-likeness (QED) is 0.480. The molecule has 0 aliphatic rings. The zero-order valence-corrected chi connectivity index (χ0v) is 22.0. The second-order valence-electron chi connectivity index (χ2n) is 10.4. The van der Waals surface area contributed by atoms with E-state index in [0.29, 0.717) is 23.6 Å². The first kappa shape index (κ1) is 26.7. The molecule has 1 N–H and O–H groups in total. The molecule has 2 amide bonds. The maximum Gasteiger partial charge on any atom is 0.255 e. The van der Waals surface area contributed by atoms with Crippen molar-refractivity contribution < 1.29 is 9.59 Å². The average Bonchev–Trinajstić information content (AvgIpc) is 2.69. The highest BCUT2D eigenvalue weighted by Gasteiger charge is 2.26. The van der Waals surface area contributed by atoms with Crippen molar-refractivity contribution in [1.29, 1.82) is 0 Å². The van der Waals surface area contributed by atoms with E-state index in [1.807, 2.05) is 75.0 Å². The number of amides is 2. The molecule has 0 aliphatic heterocycles. The second kappa shape index (κ2) is 11.1. The summed E-state index contributed by atoms with van der Waals surface area (Å²) in [6.45, 7) is 12.8. The molecule has 2 rings (SSSR count).